The van der Waals surface area contributed by atoms with Crippen LogP contribution in [0.3, 0.4) is 0 Å². The van der Waals surface area contributed by atoms with Crippen LogP contribution in [0, 0.1) is 4.91 Å². The summed E-state index contributed by atoms with van der Waals surface area (Å²) in [5, 5.41) is 2.98. The molecule has 0 saturated carbocycles. The lowest BCUT2D eigenvalue weighted by Gasteiger charge is -2.29. The molecule has 0 amide bonds. The lowest BCUT2D eigenvalue weighted by Crippen LogP contribution is -2.41. The maximum atomic E-state index is 12.4. The Morgan fingerprint density at radius 2 is 2.16 bits per heavy atom. The smallest absolute Gasteiger partial charge is 0.219 e. The molecule has 0 spiro atoms. The first-order chi connectivity index (χ1) is 9.02. The topological polar surface area (TPSA) is 55.7 Å². The molecule has 1 unspecified atom stereocenters. The second-order valence-corrected chi connectivity index (χ2v) is 5.21. The van der Waals surface area contributed by atoms with Crippen molar-refractivity contribution in [3.8, 4) is 5.75 Å². The summed E-state index contributed by atoms with van der Waals surface area (Å²) in [6, 6.07) is 5.09. The van der Waals surface area contributed by atoms with Crippen molar-refractivity contribution in [3.63, 3.8) is 0 Å². The monoisotopic (exact) mass is 321 g/mol. The fraction of sp³-hybridized carbons (Fsp3) is 0.214. The van der Waals surface area contributed by atoms with Gasteiger partial charge in [0.2, 0.25) is 11.3 Å². The number of ketones is 1. The van der Waals surface area contributed by atoms with E-state index in [0.29, 0.717) is 11.3 Å². The summed E-state index contributed by atoms with van der Waals surface area (Å²) in [5.74, 6) is 0.311. The Kier molecular flexibility index (Phi) is 3.66. The first-order valence-electron chi connectivity index (χ1n) is 5.73. The molecule has 1 aliphatic rings. The number of hydrogen-bond acceptors (Lipinski definition) is 4. The predicted octanol–water partition coefficient (Wildman–Crippen LogP) is 4.01. The Balaban J connectivity index is 2.62. The summed E-state index contributed by atoms with van der Waals surface area (Å²) in [6.07, 6.45) is 5.07. The number of fused-ring (bicyclic) bond motifs is 1. The van der Waals surface area contributed by atoms with Gasteiger partial charge in [-0.05, 0) is 43.3 Å². The van der Waals surface area contributed by atoms with Crippen LogP contribution in [0.4, 0.5) is 0 Å². The second-order valence-electron chi connectivity index (χ2n) is 4.29. The summed E-state index contributed by atoms with van der Waals surface area (Å²) in [4.78, 5) is 23.6. The van der Waals surface area contributed by atoms with Crippen molar-refractivity contribution in [2.45, 2.75) is 19.4 Å². The van der Waals surface area contributed by atoms with Crippen LogP contribution in [0.2, 0.25) is 0 Å². The van der Waals surface area contributed by atoms with Crippen LogP contribution in [0.5, 0.6) is 5.75 Å². The zero-order chi connectivity index (χ0) is 14.0. The molecule has 1 aromatic rings. The summed E-state index contributed by atoms with van der Waals surface area (Å²) in [5.41, 5.74) is -1.16. The molecule has 1 aliphatic heterocycles. The van der Waals surface area contributed by atoms with Crippen molar-refractivity contribution < 1.29 is 9.53 Å². The van der Waals surface area contributed by atoms with Crippen molar-refractivity contribution >= 4 is 21.7 Å². The molecule has 19 heavy (non-hydrogen) atoms. The number of nitrogens with zero attached hydrogens (tertiary/aromatic N) is 1. The van der Waals surface area contributed by atoms with Crippen LogP contribution in [-0.2, 0) is 0 Å². The molecule has 0 N–H and O–H groups in total. The molecule has 5 heteroatoms. The lowest BCUT2D eigenvalue weighted by molar-refractivity contribution is 0.0872. The van der Waals surface area contributed by atoms with Crippen molar-refractivity contribution in [3.05, 3.63) is 57.1 Å². The maximum absolute atomic E-state index is 12.4. The minimum absolute atomic E-state index is 0.237. The zero-order valence-electron chi connectivity index (χ0n) is 10.5. The fourth-order valence-corrected chi connectivity index (χ4v) is 2.19. The number of halogens is 1. The summed E-state index contributed by atoms with van der Waals surface area (Å²) in [7, 11) is 0. The van der Waals surface area contributed by atoms with Crippen LogP contribution in [0.25, 0.3) is 0 Å². The fourth-order valence-electron chi connectivity index (χ4n) is 1.83. The van der Waals surface area contributed by atoms with Gasteiger partial charge in [-0.15, -0.1) is 4.91 Å². The SMILES string of the molecule is C/C=C\C=C1\Oc2ccc(Br)cc2C(=O)C1(C)N=O. The molecular formula is C14H12BrNO3. The Hall–Kier alpha value is -1.75. The normalized spacial score (nSPS) is 24.4. The van der Waals surface area contributed by atoms with E-state index in [1.165, 1.54) is 6.92 Å². The van der Waals surface area contributed by atoms with Crippen LogP contribution >= 0.6 is 15.9 Å². The average molecular weight is 322 g/mol. The van der Waals surface area contributed by atoms with E-state index in [2.05, 4.69) is 21.1 Å². The van der Waals surface area contributed by atoms with E-state index in [4.69, 9.17) is 4.74 Å². The van der Waals surface area contributed by atoms with Gasteiger partial charge in [0.05, 0.1) is 5.56 Å². The highest BCUT2D eigenvalue weighted by atomic mass is 79.9. The molecule has 1 atom stereocenters. The molecule has 0 saturated heterocycles. The first-order valence-corrected chi connectivity index (χ1v) is 6.52. The van der Waals surface area contributed by atoms with E-state index >= 15 is 0 Å². The van der Waals surface area contributed by atoms with Gasteiger partial charge >= 0.3 is 0 Å². The molecule has 0 fully saturated rings. The van der Waals surface area contributed by atoms with Crippen LogP contribution < -0.4 is 4.74 Å². The van der Waals surface area contributed by atoms with Crippen LogP contribution in [0.15, 0.2) is 51.8 Å². The number of carbonyl (C=O) groups is 1. The third-order valence-corrected chi connectivity index (χ3v) is 3.44. The maximum Gasteiger partial charge on any atom is 0.219 e. The van der Waals surface area contributed by atoms with E-state index in [0.717, 1.165) is 4.47 Å². The van der Waals surface area contributed by atoms with Crippen molar-refractivity contribution in [1.82, 2.24) is 0 Å². The molecule has 2 rings (SSSR count). The molecule has 0 bridgehead atoms. The van der Waals surface area contributed by atoms with Gasteiger partial charge in [-0.3, -0.25) is 4.79 Å². The Morgan fingerprint density at radius 3 is 2.79 bits per heavy atom. The summed E-state index contributed by atoms with van der Waals surface area (Å²) < 4.78 is 6.39. The molecule has 1 heterocycles. The quantitative estimate of drug-likeness (QED) is 0.773. The van der Waals surface area contributed by atoms with Gasteiger partial charge in [0, 0.05) is 4.47 Å². The molecule has 0 aliphatic carbocycles. The standard InChI is InChI=1S/C14H12BrNO3/c1-3-4-5-12-14(2,16-18)13(17)10-8-9(15)6-7-11(10)19-12/h3-8H,1-2H3/b4-3-,12-5+. The summed E-state index contributed by atoms with van der Waals surface area (Å²) >= 11 is 3.29. The molecule has 0 aromatic heterocycles. The lowest BCUT2D eigenvalue weighted by atomic mass is 9.87. The molecule has 0 radical (unpaired) electrons. The Bertz CT molecular complexity index is 607. The molecule has 4 nitrogen and oxygen atoms in total. The van der Waals surface area contributed by atoms with E-state index in [9.17, 15) is 9.70 Å². The largest absolute Gasteiger partial charge is 0.458 e. The number of Topliss-reactive ketones (excluding diaryl/α,β-unsaturated/α-hetero) is 1. The number of allylic oxidation sites excluding steroid dienone is 3. The zero-order valence-corrected chi connectivity index (χ0v) is 12.1. The van der Waals surface area contributed by atoms with Crippen LogP contribution in [-0.4, -0.2) is 11.3 Å². The van der Waals surface area contributed by atoms with E-state index in [-0.39, 0.29) is 11.5 Å². The van der Waals surface area contributed by atoms with Gasteiger partial charge in [0.25, 0.3) is 0 Å². The van der Waals surface area contributed by atoms with Gasteiger partial charge < -0.3 is 4.74 Å². The average Bonchev–Trinajstić information content (AvgIpc) is 2.42. The van der Waals surface area contributed by atoms with E-state index < -0.39 is 5.54 Å². The second kappa shape index (κ2) is 5.09. The minimum atomic E-state index is -1.52. The summed E-state index contributed by atoms with van der Waals surface area (Å²) in [6.45, 7) is 3.29. The number of nitroso groups, excluding NO2 is 1. The number of hydrogen-bond donors (Lipinski definition) is 0. The third kappa shape index (κ3) is 2.26. The number of benzene rings is 1. The minimum Gasteiger partial charge on any atom is -0.458 e. The van der Waals surface area contributed by atoms with Crippen molar-refractivity contribution in [1.29, 1.82) is 0 Å². The number of ether oxygens (including phenoxy) is 1. The number of carbonyl (C=O) groups excluding carboxylic acids is 1. The highest BCUT2D eigenvalue weighted by Crippen LogP contribution is 2.38. The molecule has 1 aromatic carbocycles. The highest BCUT2D eigenvalue weighted by molar-refractivity contribution is 9.10. The van der Waals surface area contributed by atoms with E-state index in [1.807, 2.05) is 6.92 Å². The first kappa shape index (κ1) is 13.7. The van der Waals surface area contributed by atoms with Crippen LogP contribution in [0.1, 0.15) is 24.2 Å². The Morgan fingerprint density at radius 1 is 1.42 bits per heavy atom. The Labute approximate surface area is 119 Å². The van der Waals surface area contributed by atoms with Gasteiger partial charge in [0.15, 0.2) is 0 Å². The predicted molar refractivity (Wildman–Crippen MR) is 76.2 cm³/mol. The van der Waals surface area contributed by atoms with Crippen molar-refractivity contribution in [2.24, 2.45) is 5.18 Å². The van der Waals surface area contributed by atoms with E-state index in [1.54, 1.807) is 36.4 Å². The number of rotatable bonds is 2. The van der Waals surface area contributed by atoms with Gasteiger partial charge in [-0.25, -0.2) is 0 Å². The highest BCUT2D eigenvalue weighted by Gasteiger charge is 2.46. The van der Waals surface area contributed by atoms with Crippen molar-refractivity contribution in [2.75, 3.05) is 0 Å². The van der Waals surface area contributed by atoms with Gasteiger partial charge in [-0.2, -0.15) is 0 Å². The molecule has 98 valence electrons. The van der Waals surface area contributed by atoms with Gasteiger partial charge in [-0.1, -0.05) is 28.1 Å². The third-order valence-electron chi connectivity index (χ3n) is 2.95. The van der Waals surface area contributed by atoms with Gasteiger partial charge in [0.1, 0.15) is 11.5 Å². The molecular weight excluding hydrogens is 310 g/mol.